The average Bonchev–Trinajstić information content (AvgIpc) is 3.32. The van der Waals surface area contributed by atoms with Crippen molar-refractivity contribution in [2.45, 2.75) is 36.2 Å². The van der Waals surface area contributed by atoms with Crippen molar-refractivity contribution in [3.8, 4) is 11.5 Å². The molecule has 0 aliphatic heterocycles. The lowest BCUT2D eigenvalue weighted by Gasteiger charge is -2.09. The second-order valence-electron chi connectivity index (χ2n) is 7.04. The molecule has 0 bridgehead atoms. The van der Waals surface area contributed by atoms with Gasteiger partial charge in [-0.25, -0.2) is 4.98 Å². The summed E-state index contributed by atoms with van der Waals surface area (Å²) in [6.07, 6.45) is 4.01. The van der Waals surface area contributed by atoms with Crippen LogP contribution in [0.4, 0.5) is 0 Å². The molecule has 1 aliphatic carbocycles. The van der Waals surface area contributed by atoms with Crippen molar-refractivity contribution >= 4 is 44.9 Å². The van der Waals surface area contributed by atoms with Gasteiger partial charge in [-0.2, -0.15) is 0 Å². The van der Waals surface area contributed by atoms with Crippen LogP contribution in [0.3, 0.4) is 0 Å². The van der Waals surface area contributed by atoms with Crippen LogP contribution in [0.15, 0.2) is 56.7 Å². The molecule has 3 heterocycles. The van der Waals surface area contributed by atoms with E-state index in [4.69, 9.17) is 21.0 Å². The van der Waals surface area contributed by atoms with Crippen molar-refractivity contribution in [2.24, 2.45) is 0 Å². The Labute approximate surface area is 185 Å². The van der Waals surface area contributed by atoms with E-state index in [0.717, 1.165) is 34.2 Å². The molecule has 0 saturated heterocycles. The van der Waals surface area contributed by atoms with Gasteiger partial charge in [0.15, 0.2) is 5.16 Å². The normalized spacial score (nSPS) is 13.8. The zero-order valence-corrected chi connectivity index (χ0v) is 18.3. The summed E-state index contributed by atoms with van der Waals surface area (Å²) in [4.78, 5) is 18.7. The highest BCUT2D eigenvalue weighted by Gasteiger charge is 2.28. The predicted molar refractivity (Wildman–Crippen MR) is 120 cm³/mol. The van der Waals surface area contributed by atoms with E-state index in [2.05, 4.69) is 22.2 Å². The summed E-state index contributed by atoms with van der Waals surface area (Å²) in [5, 5.41) is 12.3. The molecule has 1 fully saturated rings. The molecule has 0 spiro atoms. The van der Waals surface area contributed by atoms with Crippen molar-refractivity contribution in [3.63, 3.8) is 0 Å². The monoisotopic (exact) mass is 456 g/mol. The van der Waals surface area contributed by atoms with Gasteiger partial charge in [0, 0.05) is 17.1 Å². The molecule has 1 aliphatic rings. The van der Waals surface area contributed by atoms with Crippen molar-refractivity contribution < 1.29 is 4.42 Å². The van der Waals surface area contributed by atoms with Crippen LogP contribution in [-0.4, -0.2) is 19.7 Å². The number of allylic oxidation sites excluding steroid dienone is 1. The first kappa shape index (κ1) is 19.5. The summed E-state index contributed by atoms with van der Waals surface area (Å²) in [7, 11) is 0. The maximum atomic E-state index is 13.2. The lowest BCUT2D eigenvalue weighted by atomic mass is 10.1. The van der Waals surface area contributed by atoms with Gasteiger partial charge in [-0.05, 0) is 54.0 Å². The quantitative estimate of drug-likeness (QED) is 0.207. The maximum absolute atomic E-state index is 13.2. The highest BCUT2D eigenvalue weighted by molar-refractivity contribution is 7.98. The lowest BCUT2D eigenvalue weighted by Crippen LogP contribution is -2.22. The fraction of sp³-hybridized carbons (Fsp3) is 0.238. The Kier molecular flexibility index (Phi) is 5.22. The zero-order valence-electron chi connectivity index (χ0n) is 15.9. The third kappa shape index (κ3) is 3.71. The number of fused-ring (bicyclic) bond motifs is 1. The van der Waals surface area contributed by atoms with Gasteiger partial charge in [-0.15, -0.1) is 28.1 Å². The van der Waals surface area contributed by atoms with E-state index in [1.807, 2.05) is 12.1 Å². The minimum atomic E-state index is -0.00191. The molecule has 0 N–H and O–H groups in total. The molecule has 152 valence electrons. The van der Waals surface area contributed by atoms with Crippen LogP contribution < -0.4 is 5.56 Å². The molecular formula is C21H17ClN4O2S2. The van der Waals surface area contributed by atoms with E-state index in [1.54, 1.807) is 22.8 Å². The Morgan fingerprint density at radius 1 is 1.30 bits per heavy atom. The molecule has 5 rings (SSSR count). The lowest BCUT2D eigenvalue weighted by molar-refractivity contribution is 0.528. The van der Waals surface area contributed by atoms with Gasteiger partial charge in [0.25, 0.3) is 5.56 Å². The second-order valence-corrected chi connectivity index (χ2v) is 9.28. The largest absolute Gasteiger partial charge is 0.420 e. The number of nitrogens with zero attached hydrogens (tertiary/aromatic N) is 4. The van der Waals surface area contributed by atoms with Crippen LogP contribution in [-0.2, 0) is 12.3 Å². The predicted octanol–water partition coefficient (Wildman–Crippen LogP) is 5.52. The van der Waals surface area contributed by atoms with Gasteiger partial charge in [0.2, 0.25) is 11.8 Å². The van der Waals surface area contributed by atoms with Gasteiger partial charge in [-0.1, -0.05) is 29.4 Å². The molecule has 0 radical (unpaired) electrons. The topological polar surface area (TPSA) is 73.8 Å². The Hall–Kier alpha value is -2.42. The fourth-order valence-corrected chi connectivity index (χ4v) is 5.30. The summed E-state index contributed by atoms with van der Waals surface area (Å²) < 4.78 is 7.45. The number of hydrogen-bond acceptors (Lipinski definition) is 7. The summed E-state index contributed by atoms with van der Waals surface area (Å²) in [5.74, 6) is 1.82. The third-order valence-corrected chi connectivity index (χ3v) is 7.00. The summed E-state index contributed by atoms with van der Waals surface area (Å²) in [5.41, 5.74) is 1.95. The van der Waals surface area contributed by atoms with Crippen LogP contribution in [0.2, 0.25) is 5.02 Å². The highest BCUT2D eigenvalue weighted by atomic mass is 35.5. The molecule has 30 heavy (non-hydrogen) atoms. The van der Waals surface area contributed by atoms with E-state index in [-0.39, 0.29) is 5.56 Å². The van der Waals surface area contributed by atoms with E-state index >= 15 is 0 Å². The first-order valence-corrected chi connectivity index (χ1v) is 11.7. The van der Waals surface area contributed by atoms with Crippen molar-refractivity contribution in [1.29, 1.82) is 0 Å². The number of benzene rings is 1. The van der Waals surface area contributed by atoms with E-state index in [1.165, 1.54) is 23.1 Å². The standard InChI is InChI=1S/C21H17ClN4O2S2/c1-2-9-26-20(27)17-15(12-3-4-12)10-29-19(17)23-21(26)30-11-16-24-25-18(28-16)13-5-7-14(22)8-6-13/h2,5-8,10,12H,1,3-4,9,11H2. The smallest absolute Gasteiger partial charge is 0.263 e. The molecule has 0 unspecified atom stereocenters. The van der Waals surface area contributed by atoms with Gasteiger partial charge in [0.1, 0.15) is 4.83 Å². The Bertz CT molecular complexity index is 1290. The zero-order chi connectivity index (χ0) is 20.7. The SMILES string of the molecule is C=CCn1c(SCc2nnc(-c3ccc(Cl)cc3)o2)nc2scc(C3CC3)c2c1=O. The van der Waals surface area contributed by atoms with Gasteiger partial charge in [0.05, 0.1) is 11.1 Å². The fourth-order valence-electron chi connectivity index (χ4n) is 3.27. The van der Waals surface area contributed by atoms with E-state index < -0.39 is 0 Å². The van der Waals surface area contributed by atoms with Crippen LogP contribution in [0.1, 0.15) is 30.2 Å². The Morgan fingerprint density at radius 3 is 2.83 bits per heavy atom. The maximum Gasteiger partial charge on any atom is 0.263 e. The van der Waals surface area contributed by atoms with Gasteiger partial charge >= 0.3 is 0 Å². The van der Waals surface area contributed by atoms with Gasteiger partial charge < -0.3 is 4.42 Å². The first-order chi connectivity index (χ1) is 14.6. The van der Waals surface area contributed by atoms with Crippen LogP contribution >= 0.6 is 34.7 Å². The highest BCUT2D eigenvalue weighted by Crippen LogP contribution is 2.44. The first-order valence-electron chi connectivity index (χ1n) is 9.48. The Balaban J connectivity index is 1.42. The van der Waals surface area contributed by atoms with Crippen LogP contribution in [0.5, 0.6) is 0 Å². The summed E-state index contributed by atoms with van der Waals surface area (Å²) in [6.45, 7) is 4.20. The van der Waals surface area contributed by atoms with Crippen molar-refractivity contribution in [3.05, 3.63) is 69.1 Å². The number of aromatic nitrogens is 4. The Morgan fingerprint density at radius 2 is 2.10 bits per heavy atom. The minimum Gasteiger partial charge on any atom is -0.420 e. The minimum absolute atomic E-state index is 0.00191. The number of rotatable bonds is 7. The van der Waals surface area contributed by atoms with E-state index in [0.29, 0.717) is 40.2 Å². The van der Waals surface area contributed by atoms with Crippen LogP contribution in [0, 0.1) is 0 Å². The number of thiophene rings is 1. The van der Waals surface area contributed by atoms with E-state index in [9.17, 15) is 4.79 Å². The number of hydrogen-bond donors (Lipinski definition) is 0. The van der Waals surface area contributed by atoms with Crippen molar-refractivity contribution in [1.82, 2.24) is 19.7 Å². The van der Waals surface area contributed by atoms with Crippen LogP contribution in [0.25, 0.3) is 21.7 Å². The molecule has 9 heteroatoms. The molecule has 1 aromatic carbocycles. The number of halogens is 1. The molecule has 4 aromatic rings. The molecule has 0 atom stereocenters. The number of thioether (sulfide) groups is 1. The second kappa shape index (κ2) is 8.02. The summed E-state index contributed by atoms with van der Waals surface area (Å²) >= 11 is 8.87. The summed E-state index contributed by atoms with van der Waals surface area (Å²) in [6, 6.07) is 7.22. The van der Waals surface area contributed by atoms with Gasteiger partial charge in [-0.3, -0.25) is 9.36 Å². The average molecular weight is 457 g/mol. The molecular weight excluding hydrogens is 440 g/mol. The van der Waals surface area contributed by atoms with Crippen molar-refractivity contribution in [2.75, 3.05) is 0 Å². The molecule has 0 amide bonds. The third-order valence-electron chi connectivity index (χ3n) is 4.90. The molecule has 1 saturated carbocycles. The molecule has 3 aromatic heterocycles. The molecule has 6 nitrogen and oxygen atoms in total.